The summed E-state index contributed by atoms with van der Waals surface area (Å²) in [4.78, 5) is 0. The largest absolute Gasteiger partial charge is 0.506 e. The highest BCUT2D eigenvalue weighted by Crippen LogP contribution is 2.23. The molecular formula is C11H16N2O. The summed E-state index contributed by atoms with van der Waals surface area (Å²) < 4.78 is 0. The Bertz CT molecular complexity index is 295. The van der Waals surface area contributed by atoms with Gasteiger partial charge in [0, 0.05) is 6.04 Å². The van der Waals surface area contributed by atoms with Crippen LogP contribution in [0.2, 0.25) is 0 Å². The molecule has 0 bridgehead atoms. The first-order chi connectivity index (χ1) is 6.86. The normalized spacial score (nSPS) is 18.0. The number of anilines is 1. The summed E-state index contributed by atoms with van der Waals surface area (Å²) in [6.45, 7) is 2.12. The van der Waals surface area contributed by atoms with E-state index < -0.39 is 0 Å². The van der Waals surface area contributed by atoms with E-state index in [9.17, 15) is 5.11 Å². The summed E-state index contributed by atoms with van der Waals surface area (Å²) in [7, 11) is 0. The van der Waals surface area contributed by atoms with Crippen LogP contribution < -0.4 is 10.6 Å². The quantitative estimate of drug-likeness (QED) is 0.623. The number of hydrogen-bond donors (Lipinski definition) is 3. The van der Waals surface area contributed by atoms with Gasteiger partial charge in [-0.25, -0.2) is 0 Å². The van der Waals surface area contributed by atoms with E-state index in [0.29, 0.717) is 11.8 Å². The number of nitrogens with one attached hydrogen (secondary N) is 2. The van der Waals surface area contributed by atoms with Crippen LogP contribution in [0.1, 0.15) is 12.8 Å². The van der Waals surface area contributed by atoms with E-state index in [0.717, 1.165) is 31.6 Å². The smallest absolute Gasteiger partial charge is 0.138 e. The molecule has 0 spiro atoms. The molecule has 1 heterocycles. The highest BCUT2D eigenvalue weighted by Gasteiger charge is 2.13. The lowest BCUT2D eigenvalue weighted by molar-refractivity contribution is 0.463. The summed E-state index contributed by atoms with van der Waals surface area (Å²) >= 11 is 0. The fourth-order valence-corrected chi connectivity index (χ4v) is 1.78. The molecule has 0 aliphatic carbocycles. The van der Waals surface area contributed by atoms with Crippen molar-refractivity contribution in [3.05, 3.63) is 24.3 Å². The molecule has 3 N–H and O–H groups in total. The van der Waals surface area contributed by atoms with Crippen LogP contribution in [0.15, 0.2) is 24.3 Å². The fourth-order valence-electron chi connectivity index (χ4n) is 1.78. The lowest BCUT2D eigenvalue weighted by Crippen LogP contribution is -2.35. The molecule has 2 rings (SSSR count). The van der Waals surface area contributed by atoms with Crippen molar-refractivity contribution in [3.8, 4) is 5.75 Å². The molecule has 1 aliphatic rings. The van der Waals surface area contributed by atoms with Gasteiger partial charge in [0.1, 0.15) is 5.75 Å². The van der Waals surface area contributed by atoms with Crippen LogP contribution in [0, 0.1) is 0 Å². The zero-order valence-electron chi connectivity index (χ0n) is 8.16. The van der Waals surface area contributed by atoms with Gasteiger partial charge in [0.25, 0.3) is 0 Å². The number of rotatable bonds is 2. The van der Waals surface area contributed by atoms with Gasteiger partial charge in [-0.3, -0.25) is 0 Å². The predicted molar refractivity (Wildman–Crippen MR) is 57.6 cm³/mol. The van der Waals surface area contributed by atoms with Crippen LogP contribution in [0.3, 0.4) is 0 Å². The SMILES string of the molecule is Oc1ccccc1NC1CCNCC1. The summed E-state index contributed by atoms with van der Waals surface area (Å²) in [5.74, 6) is 0.339. The fraction of sp³-hybridized carbons (Fsp3) is 0.455. The highest BCUT2D eigenvalue weighted by molar-refractivity contribution is 5.55. The van der Waals surface area contributed by atoms with Gasteiger partial charge in [-0.2, -0.15) is 0 Å². The number of para-hydroxylation sites is 2. The highest BCUT2D eigenvalue weighted by atomic mass is 16.3. The Balaban J connectivity index is 1.99. The second-order valence-corrected chi connectivity index (χ2v) is 3.69. The molecule has 3 nitrogen and oxygen atoms in total. The van der Waals surface area contributed by atoms with E-state index in [1.807, 2.05) is 18.2 Å². The Morgan fingerprint density at radius 1 is 1.21 bits per heavy atom. The van der Waals surface area contributed by atoms with Crippen LogP contribution in [0.5, 0.6) is 5.75 Å². The van der Waals surface area contributed by atoms with E-state index in [2.05, 4.69) is 10.6 Å². The second-order valence-electron chi connectivity index (χ2n) is 3.69. The zero-order chi connectivity index (χ0) is 9.80. The van der Waals surface area contributed by atoms with Crippen molar-refractivity contribution in [2.75, 3.05) is 18.4 Å². The van der Waals surface area contributed by atoms with Gasteiger partial charge in [-0.1, -0.05) is 12.1 Å². The molecule has 1 fully saturated rings. The predicted octanol–water partition coefficient (Wildman–Crippen LogP) is 1.56. The van der Waals surface area contributed by atoms with E-state index in [-0.39, 0.29) is 0 Å². The average Bonchev–Trinajstić information content (AvgIpc) is 2.23. The third-order valence-corrected chi connectivity index (χ3v) is 2.60. The Labute approximate surface area is 84.1 Å². The van der Waals surface area contributed by atoms with Gasteiger partial charge >= 0.3 is 0 Å². The molecule has 0 aromatic heterocycles. The number of phenols is 1. The Kier molecular flexibility index (Phi) is 2.89. The number of hydrogen-bond acceptors (Lipinski definition) is 3. The van der Waals surface area contributed by atoms with Crippen LogP contribution in [-0.2, 0) is 0 Å². The number of benzene rings is 1. The van der Waals surface area contributed by atoms with E-state index in [1.165, 1.54) is 0 Å². The Morgan fingerprint density at radius 3 is 2.64 bits per heavy atom. The molecule has 1 saturated heterocycles. The topological polar surface area (TPSA) is 44.3 Å². The minimum Gasteiger partial charge on any atom is -0.506 e. The third-order valence-electron chi connectivity index (χ3n) is 2.60. The van der Waals surface area contributed by atoms with Crippen molar-refractivity contribution in [2.24, 2.45) is 0 Å². The van der Waals surface area contributed by atoms with Crippen molar-refractivity contribution in [2.45, 2.75) is 18.9 Å². The molecule has 1 aromatic carbocycles. The van der Waals surface area contributed by atoms with E-state index in [1.54, 1.807) is 6.07 Å². The lowest BCUT2D eigenvalue weighted by atomic mass is 10.1. The molecule has 0 saturated carbocycles. The monoisotopic (exact) mass is 192 g/mol. The maximum atomic E-state index is 9.56. The van der Waals surface area contributed by atoms with Crippen molar-refractivity contribution in [1.29, 1.82) is 0 Å². The summed E-state index contributed by atoms with van der Waals surface area (Å²) in [5, 5.41) is 16.2. The summed E-state index contributed by atoms with van der Waals surface area (Å²) in [6.07, 6.45) is 2.24. The Hall–Kier alpha value is -1.22. The molecule has 14 heavy (non-hydrogen) atoms. The number of piperidine rings is 1. The van der Waals surface area contributed by atoms with Gasteiger partial charge in [0.2, 0.25) is 0 Å². The van der Waals surface area contributed by atoms with Crippen molar-refractivity contribution in [3.63, 3.8) is 0 Å². The molecule has 76 valence electrons. The molecule has 0 atom stereocenters. The van der Waals surface area contributed by atoms with Gasteiger partial charge < -0.3 is 15.7 Å². The first kappa shape index (κ1) is 9.34. The van der Waals surface area contributed by atoms with Crippen molar-refractivity contribution < 1.29 is 5.11 Å². The summed E-state index contributed by atoms with van der Waals surface area (Å²) in [5.41, 5.74) is 0.847. The minimum atomic E-state index is 0.339. The van der Waals surface area contributed by atoms with Crippen LogP contribution in [-0.4, -0.2) is 24.2 Å². The maximum Gasteiger partial charge on any atom is 0.138 e. The molecule has 0 amide bonds. The number of aromatic hydroxyl groups is 1. The van der Waals surface area contributed by atoms with E-state index >= 15 is 0 Å². The molecular weight excluding hydrogens is 176 g/mol. The molecule has 1 aliphatic heterocycles. The maximum absolute atomic E-state index is 9.56. The van der Waals surface area contributed by atoms with Crippen molar-refractivity contribution in [1.82, 2.24) is 5.32 Å². The average molecular weight is 192 g/mol. The van der Waals surface area contributed by atoms with Crippen LogP contribution in [0.4, 0.5) is 5.69 Å². The second kappa shape index (κ2) is 4.33. The molecule has 1 aromatic rings. The van der Waals surface area contributed by atoms with Crippen LogP contribution in [0.25, 0.3) is 0 Å². The number of phenolic OH excluding ortho intramolecular Hbond substituents is 1. The molecule has 3 heteroatoms. The molecule has 0 radical (unpaired) electrons. The van der Waals surface area contributed by atoms with Gasteiger partial charge in [-0.05, 0) is 38.1 Å². The van der Waals surface area contributed by atoms with Crippen LogP contribution >= 0.6 is 0 Å². The lowest BCUT2D eigenvalue weighted by Gasteiger charge is -2.24. The Morgan fingerprint density at radius 2 is 1.93 bits per heavy atom. The minimum absolute atomic E-state index is 0.339. The van der Waals surface area contributed by atoms with Gasteiger partial charge in [0.05, 0.1) is 5.69 Å². The zero-order valence-corrected chi connectivity index (χ0v) is 8.16. The third kappa shape index (κ3) is 2.17. The summed E-state index contributed by atoms with van der Waals surface area (Å²) in [6, 6.07) is 7.89. The first-order valence-corrected chi connectivity index (χ1v) is 5.11. The standard InChI is InChI=1S/C11H16N2O/c14-11-4-2-1-3-10(11)13-9-5-7-12-8-6-9/h1-4,9,12-14H,5-8H2. The molecule has 0 unspecified atom stereocenters. The van der Waals surface area contributed by atoms with E-state index in [4.69, 9.17) is 0 Å². The van der Waals surface area contributed by atoms with Gasteiger partial charge in [0.15, 0.2) is 0 Å². The van der Waals surface area contributed by atoms with Gasteiger partial charge in [-0.15, -0.1) is 0 Å². The first-order valence-electron chi connectivity index (χ1n) is 5.11. The van der Waals surface area contributed by atoms with Crippen molar-refractivity contribution >= 4 is 5.69 Å².